The molecule has 0 unspecified atom stereocenters. The number of rotatable bonds is 0. The third-order valence-corrected chi connectivity index (χ3v) is 6.76. The van der Waals surface area contributed by atoms with E-state index in [1.165, 1.54) is 11.1 Å². The van der Waals surface area contributed by atoms with Crippen LogP contribution in [0, 0.1) is 0 Å². The van der Waals surface area contributed by atoms with E-state index in [9.17, 15) is 10.2 Å². The molecular formula is C21H22Cl2O2. The second-order valence-electron chi connectivity index (χ2n) is 8.90. The number of halogens is 2. The Bertz CT molecular complexity index is 837. The third-order valence-electron chi connectivity index (χ3n) is 6.15. The van der Waals surface area contributed by atoms with Gasteiger partial charge in [0.25, 0.3) is 0 Å². The van der Waals surface area contributed by atoms with Crippen LogP contribution >= 0.6 is 23.2 Å². The lowest BCUT2D eigenvalue weighted by Gasteiger charge is -2.30. The number of fused-ring (bicyclic) bond motifs is 4. The summed E-state index contributed by atoms with van der Waals surface area (Å²) in [5.74, 6) is 0.263. The predicted molar refractivity (Wildman–Crippen MR) is 102 cm³/mol. The molecule has 0 aromatic heterocycles. The van der Waals surface area contributed by atoms with Crippen molar-refractivity contribution in [1.29, 1.82) is 0 Å². The number of phenols is 2. The minimum Gasteiger partial charge on any atom is -0.506 e. The molecule has 2 aromatic rings. The number of aromatic hydroxyl groups is 2. The molecule has 4 heteroatoms. The fourth-order valence-electron chi connectivity index (χ4n) is 5.32. The lowest BCUT2D eigenvalue weighted by atomic mass is 9.72. The average molecular weight is 377 g/mol. The number of hydrogen-bond donors (Lipinski definition) is 2. The lowest BCUT2D eigenvalue weighted by molar-refractivity contribution is 0.349. The molecule has 2 N–H and O–H groups in total. The van der Waals surface area contributed by atoms with Crippen molar-refractivity contribution in [3.05, 3.63) is 56.6 Å². The first-order valence-electron chi connectivity index (χ1n) is 8.55. The van der Waals surface area contributed by atoms with Gasteiger partial charge in [0.05, 0.1) is 10.0 Å². The van der Waals surface area contributed by atoms with Crippen molar-refractivity contribution in [1.82, 2.24) is 0 Å². The molecule has 0 saturated heterocycles. The number of hydrogen-bond acceptors (Lipinski definition) is 2. The quantitative estimate of drug-likeness (QED) is 0.586. The van der Waals surface area contributed by atoms with Crippen molar-refractivity contribution in [3.63, 3.8) is 0 Å². The molecule has 2 aromatic carbocycles. The summed E-state index contributed by atoms with van der Waals surface area (Å²) in [6, 6.07) is 7.48. The van der Waals surface area contributed by atoms with Crippen molar-refractivity contribution in [3.8, 4) is 11.5 Å². The van der Waals surface area contributed by atoms with Crippen LogP contribution in [0.3, 0.4) is 0 Å². The van der Waals surface area contributed by atoms with Crippen molar-refractivity contribution in [2.24, 2.45) is 0 Å². The van der Waals surface area contributed by atoms with Gasteiger partial charge in [-0.3, -0.25) is 0 Å². The van der Waals surface area contributed by atoms with E-state index < -0.39 is 0 Å². The van der Waals surface area contributed by atoms with Crippen molar-refractivity contribution < 1.29 is 10.2 Å². The van der Waals surface area contributed by atoms with Gasteiger partial charge in [-0.05, 0) is 70.2 Å². The number of benzene rings is 2. The largest absolute Gasteiger partial charge is 0.506 e. The predicted octanol–water partition coefficient (Wildman–Crippen LogP) is 6.05. The lowest BCUT2D eigenvalue weighted by Crippen LogP contribution is -2.27. The van der Waals surface area contributed by atoms with Gasteiger partial charge < -0.3 is 10.2 Å². The van der Waals surface area contributed by atoms with Crippen LogP contribution in [0.15, 0.2) is 24.3 Å². The Morgan fingerprint density at radius 1 is 0.680 bits per heavy atom. The molecule has 2 nitrogen and oxygen atoms in total. The maximum absolute atomic E-state index is 10.1. The topological polar surface area (TPSA) is 40.5 Å². The van der Waals surface area contributed by atoms with E-state index >= 15 is 0 Å². The number of phenolic OH excluding ortho intramolecular Hbond substituents is 2. The normalized spacial score (nSPS) is 21.4. The third kappa shape index (κ3) is 2.17. The summed E-state index contributed by atoms with van der Waals surface area (Å²) >= 11 is 12.6. The highest BCUT2D eigenvalue weighted by atomic mass is 35.5. The Hall–Kier alpha value is -1.38. The zero-order valence-corrected chi connectivity index (χ0v) is 16.4. The van der Waals surface area contributed by atoms with Gasteiger partial charge in [-0.2, -0.15) is 0 Å². The van der Waals surface area contributed by atoms with Gasteiger partial charge in [-0.1, -0.05) is 50.9 Å². The van der Waals surface area contributed by atoms with Crippen LogP contribution in [0.5, 0.6) is 11.5 Å². The second-order valence-corrected chi connectivity index (χ2v) is 9.72. The highest BCUT2D eigenvalue weighted by Gasteiger charge is 2.56. The molecule has 25 heavy (non-hydrogen) atoms. The molecule has 1 spiro atoms. The van der Waals surface area contributed by atoms with E-state index in [1.807, 2.05) is 24.3 Å². The van der Waals surface area contributed by atoms with Crippen LogP contribution in [0.2, 0.25) is 10.0 Å². The Morgan fingerprint density at radius 2 is 1.04 bits per heavy atom. The summed E-state index contributed by atoms with van der Waals surface area (Å²) in [7, 11) is 0. The van der Waals surface area contributed by atoms with Gasteiger partial charge in [-0.25, -0.2) is 0 Å². The van der Waals surface area contributed by atoms with Gasteiger partial charge in [-0.15, -0.1) is 0 Å². The first-order chi connectivity index (χ1) is 11.5. The van der Waals surface area contributed by atoms with Crippen LogP contribution < -0.4 is 0 Å². The van der Waals surface area contributed by atoms with E-state index in [-0.39, 0.29) is 27.7 Å². The molecule has 0 amide bonds. The van der Waals surface area contributed by atoms with Gasteiger partial charge >= 0.3 is 0 Å². The molecular weight excluding hydrogens is 355 g/mol. The molecule has 132 valence electrons. The molecule has 0 atom stereocenters. The Kier molecular flexibility index (Phi) is 3.32. The molecule has 0 aliphatic heterocycles. The Morgan fingerprint density at radius 3 is 1.40 bits per heavy atom. The fraction of sp³-hybridized carbons (Fsp3) is 0.429. The maximum atomic E-state index is 10.1. The van der Waals surface area contributed by atoms with E-state index in [0.29, 0.717) is 10.0 Å². The highest BCUT2D eigenvalue weighted by molar-refractivity contribution is 6.32. The van der Waals surface area contributed by atoms with Crippen molar-refractivity contribution in [2.75, 3.05) is 0 Å². The highest BCUT2D eigenvalue weighted by Crippen LogP contribution is 2.64. The van der Waals surface area contributed by atoms with E-state index in [1.54, 1.807) is 0 Å². The summed E-state index contributed by atoms with van der Waals surface area (Å²) in [5.41, 5.74) is 4.26. The minimum absolute atomic E-state index is 0.0839. The Balaban J connectivity index is 2.07. The van der Waals surface area contributed by atoms with E-state index in [4.69, 9.17) is 23.2 Å². The molecule has 0 radical (unpaired) electrons. The first-order valence-corrected chi connectivity index (χ1v) is 9.30. The smallest absolute Gasteiger partial charge is 0.134 e. The zero-order chi connectivity index (χ0) is 18.4. The summed E-state index contributed by atoms with van der Waals surface area (Å²) < 4.78 is 0. The molecule has 2 aliphatic carbocycles. The van der Waals surface area contributed by atoms with Gasteiger partial charge in [0, 0.05) is 5.41 Å². The van der Waals surface area contributed by atoms with Crippen LogP contribution in [-0.2, 0) is 16.2 Å². The summed E-state index contributed by atoms with van der Waals surface area (Å²) in [6.07, 6.45) is 1.85. The first kappa shape index (κ1) is 17.1. The standard InChI is InChI=1S/C21H22Cl2O2/c1-19(2)9-21(13-5-15(22)17(24)7-11(13)19)10-20(3,4)12-8-18(25)16(23)6-14(12)21/h5-8,24-25H,9-10H2,1-4H3. The molecule has 0 heterocycles. The van der Waals surface area contributed by atoms with E-state index in [2.05, 4.69) is 27.7 Å². The van der Waals surface area contributed by atoms with Crippen LogP contribution in [0.1, 0.15) is 62.8 Å². The van der Waals surface area contributed by atoms with Crippen molar-refractivity contribution in [2.45, 2.75) is 56.8 Å². The zero-order valence-electron chi connectivity index (χ0n) is 14.9. The second kappa shape index (κ2) is 4.86. The molecule has 0 saturated carbocycles. The SMILES string of the molecule is CC1(C)CC2(CC(C)(C)c3cc(O)c(Cl)cc32)c2cc(Cl)c(O)cc21. The van der Waals surface area contributed by atoms with Crippen LogP contribution in [0.25, 0.3) is 0 Å². The van der Waals surface area contributed by atoms with Gasteiger partial charge in [0.15, 0.2) is 0 Å². The molecule has 0 fully saturated rings. The molecule has 2 aliphatic rings. The monoisotopic (exact) mass is 376 g/mol. The van der Waals surface area contributed by atoms with Gasteiger partial charge in [0.1, 0.15) is 11.5 Å². The van der Waals surface area contributed by atoms with Crippen LogP contribution in [-0.4, -0.2) is 10.2 Å². The summed E-state index contributed by atoms with van der Waals surface area (Å²) in [6.45, 7) is 8.84. The van der Waals surface area contributed by atoms with Crippen LogP contribution in [0.4, 0.5) is 0 Å². The fourth-order valence-corrected chi connectivity index (χ4v) is 5.65. The average Bonchev–Trinajstić information content (AvgIpc) is 2.82. The van der Waals surface area contributed by atoms with Crippen molar-refractivity contribution >= 4 is 23.2 Å². The summed E-state index contributed by atoms with van der Waals surface area (Å²) in [5, 5.41) is 21.0. The maximum Gasteiger partial charge on any atom is 0.134 e. The van der Waals surface area contributed by atoms with Gasteiger partial charge in [0.2, 0.25) is 0 Å². The molecule has 0 bridgehead atoms. The van der Waals surface area contributed by atoms with E-state index in [0.717, 1.165) is 24.0 Å². The molecule has 4 rings (SSSR count). The summed E-state index contributed by atoms with van der Waals surface area (Å²) in [4.78, 5) is 0. The Labute approximate surface area is 158 Å². The minimum atomic E-state index is -0.202.